The molecule has 0 saturated heterocycles. The topological polar surface area (TPSA) is 69.7 Å². The molecule has 5 rings (SSSR count). The summed E-state index contributed by atoms with van der Waals surface area (Å²) in [7, 11) is 3.19. The predicted molar refractivity (Wildman–Crippen MR) is 138 cm³/mol. The first kappa shape index (κ1) is 22.2. The number of pyridine rings is 1. The van der Waals surface area contributed by atoms with Gasteiger partial charge in [0.1, 0.15) is 11.5 Å². The van der Waals surface area contributed by atoms with Crippen molar-refractivity contribution in [2.24, 2.45) is 0 Å². The van der Waals surface area contributed by atoms with E-state index in [-0.39, 0.29) is 5.91 Å². The number of carbonyl (C=O) groups is 1. The smallest absolute Gasteiger partial charge is 0.255 e. The lowest BCUT2D eigenvalue weighted by molar-refractivity contribution is 0.102. The van der Waals surface area contributed by atoms with Gasteiger partial charge in [-0.3, -0.25) is 9.78 Å². The minimum atomic E-state index is -0.148. The molecule has 0 radical (unpaired) electrons. The van der Waals surface area contributed by atoms with Gasteiger partial charge in [-0.1, -0.05) is 29.8 Å². The van der Waals surface area contributed by atoms with Crippen molar-refractivity contribution in [3.05, 3.63) is 96.2 Å². The first-order valence-corrected chi connectivity index (χ1v) is 11.1. The zero-order chi connectivity index (χ0) is 24.4. The van der Waals surface area contributed by atoms with Crippen LogP contribution in [0.15, 0.2) is 85.1 Å². The van der Waals surface area contributed by atoms with Crippen LogP contribution in [0.4, 0.5) is 5.69 Å². The van der Waals surface area contributed by atoms with Gasteiger partial charge in [-0.05, 0) is 60.8 Å². The second-order valence-electron chi connectivity index (χ2n) is 8.14. The maximum Gasteiger partial charge on any atom is 0.255 e. The van der Waals surface area contributed by atoms with Crippen LogP contribution in [-0.4, -0.2) is 25.1 Å². The highest BCUT2D eigenvalue weighted by Crippen LogP contribution is 2.37. The number of hydrogen-bond donors (Lipinski definition) is 1. The molecule has 6 heteroatoms. The fraction of sp³-hybridized carbons (Fsp3) is 0.103. The monoisotopic (exact) mass is 464 g/mol. The number of fused-ring (bicyclic) bond motifs is 2. The minimum Gasteiger partial charge on any atom is -0.493 e. The number of carbonyl (C=O) groups excluding carboxylic acids is 1. The van der Waals surface area contributed by atoms with Gasteiger partial charge in [-0.15, -0.1) is 0 Å². The number of aromatic nitrogens is 1. The molecule has 0 unspecified atom stereocenters. The Morgan fingerprint density at radius 1 is 0.800 bits per heavy atom. The lowest BCUT2D eigenvalue weighted by Gasteiger charge is -2.13. The summed E-state index contributed by atoms with van der Waals surface area (Å²) in [4.78, 5) is 17.2. The van der Waals surface area contributed by atoms with Crippen molar-refractivity contribution in [3.8, 4) is 23.0 Å². The highest BCUT2D eigenvalue weighted by atomic mass is 16.5. The molecule has 1 N–H and O–H groups in total. The van der Waals surface area contributed by atoms with Crippen molar-refractivity contribution in [1.29, 1.82) is 0 Å². The van der Waals surface area contributed by atoms with Gasteiger partial charge < -0.3 is 19.5 Å². The van der Waals surface area contributed by atoms with Crippen LogP contribution in [0, 0.1) is 6.92 Å². The average molecular weight is 465 g/mol. The van der Waals surface area contributed by atoms with E-state index in [1.54, 1.807) is 20.4 Å². The van der Waals surface area contributed by atoms with Crippen LogP contribution in [0.3, 0.4) is 0 Å². The van der Waals surface area contributed by atoms with Crippen LogP contribution < -0.4 is 19.5 Å². The summed E-state index contributed by atoms with van der Waals surface area (Å²) < 4.78 is 17.1. The predicted octanol–water partition coefficient (Wildman–Crippen LogP) is 6.76. The molecule has 5 aromatic rings. The molecule has 0 aliphatic rings. The quantitative estimate of drug-likeness (QED) is 0.301. The van der Waals surface area contributed by atoms with E-state index in [0.29, 0.717) is 28.6 Å². The summed E-state index contributed by atoms with van der Waals surface area (Å²) in [5.74, 6) is 2.38. The second-order valence-corrected chi connectivity index (χ2v) is 8.14. The molecule has 0 fully saturated rings. The molecule has 6 nitrogen and oxygen atoms in total. The zero-order valence-corrected chi connectivity index (χ0v) is 19.7. The largest absolute Gasteiger partial charge is 0.493 e. The number of aryl methyl sites for hydroxylation is 1. The van der Waals surface area contributed by atoms with Gasteiger partial charge in [0.05, 0.1) is 19.7 Å². The van der Waals surface area contributed by atoms with Crippen LogP contribution in [0.2, 0.25) is 0 Å². The second kappa shape index (κ2) is 9.35. The van der Waals surface area contributed by atoms with Gasteiger partial charge >= 0.3 is 0 Å². The molecular formula is C29H24N2O4. The van der Waals surface area contributed by atoms with Crippen molar-refractivity contribution in [3.63, 3.8) is 0 Å². The minimum absolute atomic E-state index is 0.148. The fourth-order valence-electron chi connectivity index (χ4n) is 4.00. The number of nitrogens with one attached hydrogen (secondary N) is 1. The number of amides is 1. The molecule has 0 aliphatic carbocycles. The number of hydrogen-bond acceptors (Lipinski definition) is 5. The number of nitrogens with zero attached hydrogens (tertiary/aromatic N) is 1. The van der Waals surface area contributed by atoms with Gasteiger partial charge in [-0.2, -0.15) is 0 Å². The lowest BCUT2D eigenvalue weighted by atomic mass is 10.1. The first-order chi connectivity index (χ1) is 17.1. The Hall–Kier alpha value is -4.58. The van der Waals surface area contributed by atoms with Crippen molar-refractivity contribution >= 4 is 33.3 Å². The molecule has 174 valence electrons. The van der Waals surface area contributed by atoms with E-state index in [2.05, 4.69) is 10.3 Å². The molecule has 0 saturated carbocycles. The third kappa shape index (κ3) is 4.46. The number of rotatable bonds is 6. The molecular weight excluding hydrogens is 440 g/mol. The van der Waals surface area contributed by atoms with Crippen LogP contribution in [-0.2, 0) is 0 Å². The highest BCUT2D eigenvalue weighted by molar-refractivity contribution is 6.09. The molecule has 4 aromatic carbocycles. The maximum atomic E-state index is 12.7. The Labute approximate surface area is 203 Å². The Bertz CT molecular complexity index is 1540. The van der Waals surface area contributed by atoms with Crippen LogP contribution in [0.25, 0.3) is 21.7 Å². The molecule has 1 amide bonds. The molecule has 0 aliphatic heterocycles. The van der Waals surface area contributed by atoms with E-state index in [0.717, 1.165) is 32.9 Å². The normalized spacial score (nSPS) is 10.8. The Morgan fingerprint density at radius 3 is 2.34 bits per heavy atom. The average Bonchev–Trinajstić information content (AvgIpc) is 2.88. The first-order valence-electron chi connectivity index (χ1n) is 11.1. The van der Waals surface area contributed by atoms with E-state index in [4.69, 9.17) is 14.2 Å². The number of anilines is 1. The van der Waals surface area contributed by atoms with E-state index in [1.165, 1.54) is 0 Å². The van der Waals surface area contributed by atoms with Gasteiger partial charge in [0.15, 0.2) is 11.5 Å². The fourth-order valence-corrected chi connectivity index (χ4v) is 4.00. The summed E-state index contributed by atoms with van der Waals surface area (Å²) >= 11 is 0. The maximum absolute atomic E-state index is 12.7. The van der Waals surface area contributed by atoms with Gasteiger partial charge in [0, 0.05) is 34.3 Å². The Kier molecular flexibility index (Phi) is 5.94. The lowest BCUT2D eigenvalue weighted by Crippen LogP contribution is -2.12. The summed E-state index contributed by atoms with van der Waals surface area (Å²) in [6.07, 6.45) is 1.70. The molecule has 0 spiro atoms. The Morgan fingerprint density at radius 2 is 1.57 bits per heavy atom. The number of ether oxygens (including phenoxy) is 3. The third-order valence-corrected chi connectivity index (χ3v) is 5.85. The van der Waals surface area contributed by atoms with Gasteiger partial charge in [0.2, 0.25) is 0 Å². The van der Waals surface area contributed by atoms with E-state index >= 15 is 0 Å². The molecule has 1 heterocycles. The van der Waals surface area contributed by atoms with Crippen LogP contribution in [0.1, 0.15) is 15.9 Å². The van der Waals surface area contributed by atoms with Crippen LogP contribution >= 0.6 is 0 Å². The SMILES string of the molecule is COc1cc2nccc(Oc3ccc4c(NC(=O)c5ccc(C)cc5)cccc4c3)c2cc1OC. The number of methoxy groups -OCH3 is 2. The molecule has 0 atom stereocenters. The van der Waals surface area contributed by atoms with Gasteiger partial charge in [0.25, 0.3) is 5.91 Å². The summed E-state index contributed by atoms with van der Waals surface area (Å²) in [5.41, 5.74) is 3.20. The summed E-state index contributed by atoms with van der Waals surface area (Å²) in [5, 5.41) is 5.70. The van der Waals surface area contributed by atoms with Crippen molar-refractivity contribution in [2.45, 2.75) is 6.92 Å². The summed E-state index contributed by atoms with van der Waals surface area (Å²) in [6, 6.07) is 24.6. The zero-order valence-electron chi connectivity index (χ0n) is 19.7. The number of benzene rings is 4. The van der Waals surface area contributed by atoms with E-state index in [1.807, 2.05) is 85.8 Å². The molecule has 35 heavy (non-hydrogen) atoms. The van der Waals surface area contributed by atoms with Crippen LogP contribution in [0.5, 0.6) is 23.0 Å². The van der Waals surface area contributed by atoms with E-state index in [9.17, 15) is 4.79 Å². The summed E-state index contributed by atoms with van der Waals surface area (Å²) in [6.45, 7) is 1.99. The highest BCUT2D eigenvalue weighted by Gasteiger charge is 2.13. The van der Waals surface area contributed by atoms with Gasteiger partial charge in [-0.25, -0.2) is 0 Å². The van der Waals surface area contributed by atoms with Crippen molar-refractivity contribution < 1.29 is 19.0 Å². The van der Waals surface area contributed by atoms with Crippen molar-refractivity contribution in [1.82, 2.24) is 4.98 Å². The third-order valence-electron chi connectivity index (χ3n) is 5.85. The molecule has 0 bridgehead atoms. The standard InChI is InChI=1S/C29H24N2O4/c1-18-7-9-19(10-8-18)29(32)31-24-6-4-5-20-15-21(11-12-22(20)24)35-26-13-14-30-25-17-28(34-3)27(33-2)16-23(25)26/h4-17H,1-3H3,(H,31,32). The Balaban J connectivity index is 1.45. The van der Waals surface area contributed by atoms with E-state index < -0.39 is 0 Å². The van der Waals surface area contributed by atoms with Crippen molar-refractivity contribution in [2.75, 3.05) is 19.5 Å². The molecule has 1 aromatic heterocycles.